The van der Waals surface area contributed by atoms with Crippen LogP contribution in [0, 0.1) is 0 Å². The molecule has 0 saturated heterocycles. The molecule has 0 amide bonds. The number of benzene rings is 1. The average Bonchev–Trinajstić information content (AvgIpc) is 2.15. The van der Waals surface area contributed by atoms with Crippen molar-refractivity contribution >= 4 is 28.2 Å². The maximum Gasteiger partial charge on any atom is 0.123 e. The number of rotatable bonds is 1. The quantitative estimate of drug-likeness (QED) is 0.800. The van der Waals surface area contributed by atoms with Crippen LogP contribution in [0.1, 0.15) is 19.4 Å². The molecule has 0 unspecified atom stereocenters. The van der Waals surface area contributed by atoms with Gasteiger partial charge >= 0.3 is 0 Å². The van der Waals surface area contributed by atoms with E-state index in [-0.39, 0.29) is 0 Å². The molecule has 3 nitrogen and oxygen atoms in total. The Morgan fingerprint density at radius 2 is 2.00 bits per heavy atom. The van der Waals surface area contributed by atoms with Crippen LogP contribution in [0.25, 0.3) is 10.8 Å². The molecule has 4 heteroatoms. The number of aromatic nitrogens is 1. The number of hydrogen-bond acceptors (Lipinski definition) is 3. The van der Waals surface area contributed by atoms with E-state index in [9.17, 15) is 5.11 Å². The molecule has 0 spiro atoms. The van der Waals surface area contributed by atoms with Crippen molar-refractivity contribution in [2.75, 3.05) is 5.73 Å². The van der Waals surface area contributed by atoms with E-state index in [1.54, 1.807) is 32.2 Å². The van der Waals surface area contributed by atoms with Gasteiger partial charge in [-0.25, -0.2) is 4.98 Å². The molecule has 1 heterocycles. The number of aliphatic hydroxyl groups is 1. The third-order valence-electron chi connectivity index (χ3n) is 2.53. The van der Waals surface area contributed by atoms with Crippen molar-refractivity contribution in [3.8, 4) is 0 Å². The average molecular weight is 237 g/mol. The van der Waals surface area contributed by atoms with Gasteiger partial charge in [0.25, 0.3) is 0 Å². The van der Waals surface area contributed by atoms with Gasteiger partial charge < -0.3 is 10.8 Å². The van der Waals surface area contributed by atoms with Crippen LogP contribution < -0.4 is 5.73 Å². The molecule has 2 rings (SSSR count). The first-order valence-corrected chi connectivity index (χ1v) is 5.34. The molecule has 0 aliphatic carbocycles. The highest BCUT2D eigenvalue weighted by atomic mass is 35.5. The van der Waals surface area contributed by atoms with E-state index >= 15 is 0 Å². The summed E-state index contributed by atoms with van der Waals surface area (Å²) in [6.07, 6.45) is 1.63. The zero-order chi connectivity index (χ0) is 11.9. The van der Waals surface area contributed by atoms with Crippen molar-refractivity contribution in [1.29, 1.82) is 0 Å². The van der Waals surface area contributed by atoms with E-state index in [0.717, 1.165) is 16.3 Å². The molecule has 1 aromatic heterocycles. The van der Waals surface area contributed by atoms with Crippen molar-refractivity contribution in [3.05, 3.63) is 35.0 Å². The Bertz CT molecular complexity index is 546. The molecule has 0 bridgehead atoms. The Morgan fingerprint density at radius 3 is 2.62 bits per heavy atom. The van der Waals surface area contributed by atoms with Crippen LogP contribution >= 0.6 is 11.6 Å². The summed E-state index contributed by atoms with van der Waals surface area (Å²) in [7, 11) is 0. The SMILES string of the molecule is CC(C)(O)c1ccc(Cl)c2cnc(N)cc12. The molecule has 84 valence electrons. The Kier molecular flexibility index (Phi) is 2.52. The molecular formula is C12H13ClN2O. The molecule has 3 N–H and O–H groups in total. The van der Waals surface area contributed by atoms with Crippen molar-refractivity contribution < 1.29 is 5.11 Å². The predicted molar refractivity (Wildman–Crippen MR) is 66.4 cm³/mol. The lowest BCUT2D eigenvalue weighted by molar-refractivity contribution is 0.0802. The van der Waals surface area contributed by atoms with Gasteiger partial charge in [0.1, 0.15) is 5.82 Å². The summed E-state index contributed by atoms with van der Waals surface area (Å²) in [6.45, 7) is 3.46. The second-order valence-corrected chi connectivity index (χ2v) is 4.72. The second-order valence-electron chi connectivity index (χ2n) is 4.31. The van der Waals surface area contributed by atoms with Crippen molar-refractivity contribution in [3.63, 3.8) is 0 Å². The minimum Gasteiger partial charge on any atom is -0.386 e. The number of anilines is 1. The summed E-state index contributed by atoms with van der Waals surface area (Å²) in [5.74, 6) is 0.417. The number of fused-ring (bicyclic) bond motifs is 1. The Morgan fingerprint density at radius 1 is 1.31 bits per heavy atom. The molecule has 0 aliphatic heterocycles. The molecule has 0 fully saturated rings. The molecule has 0 aliphatic rings. The van der Waals surface area contributed by atoms with Crippen LogP contribution in [0.4, 0.5) is 5.82 Å². The van der Waals surface area contributed by atoms with Crippen molar-refractivity contribution in [1.82, 2.24) is 4.98 Å². The number of nitrogen functional groups attached to an aromatic ring is 1. The monoisotopic (exact) mass is 236 g/mol. The Hall–Kier alpha value is -1.32. The van der Waals surface area contributed by atoms with Gasteiger partial charge in [0.15, 0.2) is 0 Å². The first-order chi connectivity index (χ1) is 7.39. The summed E-state index contributed by atoms with van der Waals surface area (Å²) in [6, 6.07) is 5.30. The van der Waals surface area contributed by atoms with E-state index in [2.05, 4.69) is 4.98 Å². The maximum absolute atomic E-state index is 10.1. The number of pyridine rings is 1. The number of nitrogens with zero attached hydrogens (tertiary/aromatic N) is 1. The van der Waals surface area contributed by atoms with Crippen LogP contribution in [0.2, 0.25) is 5.02 Å². The standard InChI is InChI=1S/C12H13ClN2O/c1-12(2,16)9-3-4-10(13)8-6-15-11(14)5-7(8)9/h3-6,16H,1-2H3,(H2,14,15). The van der Waals surface area contributed by atoms with Gasteiger partial charge in [0, 0.05) is 16.6 Å². The lowest BCUT2D eigenvalue weighted by Crippen LogP contribution is -2.16. The highest BCUT2D eigenvalue weighted by molar-refractivity contribution is 6.35. The smallest absolute Gasteiger partial charge is 0.123 e. The number of hydrogen-bond donors (Lipinski definition) is 2. The molecule has 0 saturated carbocycles. The van der Waals surface area contributed by atoms with Crippen LogP contribution in [-0.4, -0.2) is 10.1 Å². The van der Waals surface area contributed by atoms with Crippen molar-refractivity contribution in [2.45, 2.75) is 19.4 Å². The summed E-state index contributed by atoms with van der Waals surface area (Å²) in [5.41, 5.74) is 5.51. The summed E-state index contributed by atoms with van der Waals surface area (Å²) >= 11 is 6.07. The fourth-order valence-electron chi connectivity index (χ4n) is 1.75. The maximum atomic E-state index is 10.1. The molecule has 0 radical (unpaired) electrons. The third kappa shape index (κ3) is 1.84. The van der Waals surface area contributed by atoms with E-state index in [4.69, 9.17) is 17.3 Å². The van der Waals surface area contributed by atoms with Gasteiger partial charge in [-0.2, -0.15) is 0 Å². The molecular weight excluding hydrogens is 224 g/mol. The van der Waals surface area contributed by atoms with Gasteiger partial charge in [-0.05, 0) is 36.9 Å². The first kappa shape index (κ1) is 11.2. The molecule has 16 heavy (non-hydrogen) atoms. The predicted octanol–water partition coefficient (Wildman–Crippen LogP) is 2.70. The van der Waals surface area contributed by atoms with Crippen LogP contribution in [0.15, 0.2) is 24.4 Å². The molecule has 1 aromatic carbocycles. The van der Waals surface area contributed by atoms with Crippen molar-refractivity contribution in [2.24, 2.45) is 0 Å². The van der Waals surface area contributed by atoms with Gasteiger partial charge in [-0.15, -0.1) is 0 Å². The minimum absolute atomic E-state index is 0.417. The van der Waals surface area contributed by atoms with E-state index in [1.807, 2.05) is 6.07 Å². The van der Waals surface area contributed by atoms with Crippen LogP contribution in [-0.2, 0) is 5.60 Å². The second kappa shape index (κ2) is 3.61. The summed E-state index contributed by atoms with van der Waals surface area (Å²) < 4.78 is 0. The largest absolute Gasteiger partial charge is 0.386 e. The summed E-state index contributed by atoms with van der Waals surface area (Å²) in [4.78, 5) is 4.00. The Balaban J connectivity index is 2.86. The normalized spacial score (nSPS) is 12.0. The minimum atomic E-state index is -0.934. The molecule has 2 aromatic rings. The lowest BCUT2D eigenvalue weighted by Gasteiger charge is -2.20. The molecule has 0 atom stereocenters. The zero-order valence-electron chi connectivity index (χ0n) is 9.16. The van der Waals surface area contributed by atoms with Gasteiger partial charge in [0.2, 0.25) is 0 Å². The zero-order valence-corrected chi connectivity index (χ0v) is 9.92. The lowest BCUT2D eigenvalue weighted by atomic mass is 9.93. The van der Waals surface area contributed by atoms with E-state index in [1.165, 1.54) is 0 Å². The topological polar surface area (TPSA) is 59.1 Å². The highest BCUT2D eigenvalue weighted by Gasteiger charge is 2.19. The van der Waals surface area contributed by atoms with Crippen LogP contribution in [0.3, 0.4) is 0 Å². The fourth-order valence-corrected chi connectivity index (χ4v) is 1.97. The number of halogens is 1. The first-order valence-electron chi connectivity index (χ1n) is 4.96. The van der Waals surface area contributed by atoms with Gasteiger partial charge in [-0.1, -0.05) is 17.7 Å². The summed E-state index contributed by atoms with van der Waals surface area (Å²) in [5, 5.41) is 12.3. The van der Waals surface area contributed by atoms with E-state index in [0.29, 0.717) is 10.8 Å². The fraction of sp³-hybridized carbons (Fsp3) is 0.250. The Labute approximate surface area is 98.9 Å². The third-order valence-corrected chi connectivity index (χ3v) is 2.86. The van der Waals surface area contributed by atoms with Crippen LogP contribution in [0.5, 0.6) is 0 Å². The van der Waals surface area contributed by atoms with Gasteiger partial charge in [0.05, 0.1) is 5.60 Å². The highest BCUT2D eigenvalue weighted by Crippen LogP contribution is 2.32. The number of nitrogens with two attached hydrogens (primary N) is 1. The van der Waals surface area contributed by atoms with E-state index < -0.39 is 5.60 Å². The van der Waals surface area contributed by atoms with Gasteiger partial charge in [-0.3, -0.25) is 0 Å².